The first-order chi connectivity index (χ1) is 8.24. The van der Waals surface area contributed by atoms with E-state index in [1.807, 2.05) is 0 Å². The van der Waals surface area contributed by atoms with Gasteiger partial charge in [-0.3, -0.25) is 0 Å². The van der Waals surface area contributed by atoms with E-state index >= 15 is 0 Å². The van der Waals surface area contributed by atoms with Crippen molar-refractivity contribution in [2.45, 2.75) is 0 Å². The van der Waals surface area contributed by atoms with Gasteiger partial charge in [0.1, 0.15) is 11.6 Å². The molecule has 3 aromatic rings. The summed E-state index contributed by atoms with van der Waals surface area (Å²) in [4.78, 5) is 0. The monoisotopic (exact) mass is 230 g/mol. The summed E-state index contributed by atoms with van der Waals surface area (Å²) in [6.07, 6.45) is 1.56. The fraction of sp³-hybridized carbons (Fsp3) is 0. The molecular weight excluding hydrogens is 222 g/mol. The van der Waals surface area contributed by atoms with E-state index in [4.69, 9.17) is 0 Å². The average Bonchev–Trinajstić information content (AvgIpc) is 2.71. The number of rotatable bonds is 1. The van der Waals surface area contributed by atoms with Crippen molar-refractivity contribution in [3.63, 3.8) is 0 Å². The van der Waals surface area contributed by atoms with Crippen LogP contribution in [-0.2, 0) is 0 Å². The van der Waals surface area contributed by atoms with Crippen molar-refractivity contribution in [3.05, 3.63) is 60.3 Å². The van der Waals surface area contributed by atoms with Crippen LogP contribution in [0.2, 0.25) is 0 Å². The van der Waals surface area contributed by atoms with Crippen LogP contribution >= 0.6 is 0 Å². The number of halogens is 2. The predicted molar refractivity (Wildman–Crippen MR) is 61.0 cm³/mol. The SMILES string of the molecule is Fc1cccc(-n2ncc3cc(F)ccc32)c1. The highest BCUT2D eigenvalue weighted by atomic mass is 19.1. The van der Waals surface area contributed by atoms with Crippen LogP contribution in [0, 0.1) is 11.6 Å². The molecule has 1 aromatic heterocycles. The van der Waals surface area contributed by atoms with Crippen LogP contribution in [0.5, 0.6) is 0 Å². The third-order valence-corrected chi connectivity index (χ3v) is 2.58. The fourth-order valence-corrected chi connectivity index (χ4v) is 1.82. The Bertz CT molecular complexity index is 689. The number of benzene rings is 2. The summed E-state index contributed by atoms with van der Waals surface area (Å²) in [7, 11) is 0. The highest BCUT2D eigenvalue weighted by Gasteiger charge is 2.06. The molecule has 0 N–H and O–H groups in total. The van der Waals surface area contributed by atoms with E-state index in [2.05, 4.69) is 5.10 Å². The molecule has 0 aliphatic heterocycles. The predicted octanol–water partition coefficient (Wildman–Crippen LogP) is 3.30. The molecule has 4 heteroatoms. The van der Waals surface area contributed by atoms with Gasteiger partial charge in [0.2, 0.25) is 0 Å². The Morgan fingerprint density at radius 1 is 0.941 bits per heavy atom. The van der Waals surface area contributed by atoms with Crippen LogP contribution in [0.25, 0.3) is 16.6 Å². The summed E-state index contributed by atoms with van der Waals surface area (Å²) in [5.74, 6) is -0.635. The molecule has 0 saturated carbocycles. The Labute approximate surface area is 96.1 Å². The lowest BCUT2D eigenvalue weighted by atomic mass is 10.2. The summed E-state index contributed by atoms with van der Waals surface area (Å²) in [6, 6.07) is 10.5. The molecule has 0 amide bonds. The van der Waals surface area contributed by atoms with E-state index in [1.165, 1.54) is 24.3 Å². The van der Waals surface area contributed by atoms with Gasteiger partial charge in [-0.2, -0.15) is 5.10 Å². The van der Waals surface area contributed by atoms with Crippen LogP contribution < -0.4 is 0 Å². The van der Waals surface area contributed by atoms with Gasteiger partial charge in [-0.25, -0.2) is 13.5 Å². The Morgan fingerprint density at radius 3 is 2.59 bits per heavy atom. The highest BCUT2D eigenvalue weighted by Crippen LogP contribution is 2.19. The molecule has 0 unspecified atom stereocenters. The van der Waals surface area contributed by atoms with Crippen molar-refractivity contribution < 1.29 is 8.78 Å². The second kappa shape index (κ2) is 3.66. The molecule has 2 aromatic carbocycles. The average molecular weight is 230 g/mol. The summed E-state index contributed by atoms with van der Waals surface area (Å²) in [5.41, 5.74) is 1.36. The van der Waals surface area contributed by atoms with E-state index in [-0.39, 0.29) is 11.6 Å². The minimum Gasteiger partial charge on any atom is -0.233 e. The van der Waals surface area contributed by atoms with Gasteiger partial charge in [-0.05, 0) is 36.4 Å². The highest BCUT2D eigenvalue weighted by molar-refractivity contribution is 5.80. The number of nitrogens with zero attached hydrogens (tertiary/aromatic N) is 2. The van der Waals surface area contributed by atoms with E-state index < -0.39 is 0 Å². The number of fused-ring (bicyclic) bond motifs is 1. The minimum atomic E-state index is -0.326. The zero-order chi connectivity index (χ0) is 11.8. The lowest BCUT2D eigenvalue weighted by molar-refractivity contribution is 0.625. The second-order valence-electron chi connectivity index (χ2n) is 3.74. The molecule has 17 heavy (non-hydrogen) atoms. The molecule has 0 radical (unpaired) electrons. The molecular formula is C13H8F2N2. The Hall–Kier alpha value is -2.23. The number of hydrogen-bond acceptors (Lipinski definition) is 1. The van der Waals surface area contributed by atoms with Crippen LogP contribution in [0.15, 0.2) is 48.7 Å². The molecule has 1 heterocycles. The zero-order valence-corrected chi connectivity index (χ0v) is 8.77. The van der Waals surface area contributed by atoms with E-state index in [0.29, 0.717) is 11.1 Å². The quantitative estimate of drug-likeness (QED) is 0.627. The molecule has 0 atom stereocenters. The maximum absolute atomic E-state index is 13.1. The van der Waals surface area contributed by atoms with Crippen LogP contribution in [0.1, 0.15) is 0 Å². The van der Waals surface area contributed by atoms with Crippen molar-refractivity contribution in [1.82, 2.24) is 9.78 Å². The van der Waals surface area contributed by atoms with Crippen molar-refractivity contribution in [3.8, 4) is 5.69 Å². The van der Waals surface area contributed by atoms with Gasteiger partial charge in [-0.15, -0.1) is 0 Å². The van der Waals surface area contributed by atoms with Crippen molar-refractivity contribution in [2.24, 2.45) is 0 Å². The van der Waals surface area contributed by atoms with Gasteiger partial charge in [0.05, 0.1) is 17.4 Å². The molecule has 2 nitrogen and oxygen atoms in total. The first-order valence-electron chi connectivity index (χ1n) is 5.13. The van der Waals surface area contributed by atoms with Crippen molar-refractivity contribution in [1.29, 1.82) is 0 Å². The van der Waals surface area contributed by atoms with Gasteiger partial charge in [0, 0.05) is 5.39 Å². The second-order valence-corrected chi connectivity index (χ2v) is 3.74. The molecule has 0 bridgehead atoms. The third-order valence-electron chi connectivity index (χ3n) is 2.58. The van der Waals surface area contributed by atoms with Gasteiger partial charge in [-0.1, -0.05) is 6.07 Å². The first kappa shape index (κ1) is 9.96. The number of hydrogen-bond donors (Lipinski definition) is 0. The Morgan fingerprint density at radius 2 is 1.76 bits per heavy atom. The van der Waals surface area contributed by atoms with Crippen molar-refractivity contribution >= 4 is 10.9 Å². The Balaban J connectivity index is 2.24. The summed E-state index contributed by atoms with van der Waals surface area (Å²) < 4.78 is 27.7. The minimum absolute atomic E-state index is 0.309. The first-order valence-corrected chi connectivity index (χ1v) is 5.13. The Kier molecular flexibility index (Phi) is 2.14. The zero-order valence-electron chi connectivity index (χ0n) is 8.77. The van der Waals surface area contributed by atoms with Gasteiger partial charge < -0.3 is 0 Å². The largest absolute Gasteiger partial charge is 0.233 e. The molecule has 0 spiro atoms. The molecule has 84 valence electrons. The summed E-state index contributed by atoms with van der Waals surface area (Å²) in [6.45, 7) is 0. The fourth-order valence-electron chi connectivity index (χ4n) is 1.82. The lowest BCUT2D eigenvalue weighted by Gasteiger charge is -2.03. The topological polar surface area (TPSA) is 17.8 Å². The molecule has 0 saturated heterocycles. The third kappa shape index (κ3) is 1.67. The lowest BCUT2D eigenvalue weighted by Crippen LogP contribution is -1.96. The van der Waals surface area contributed by atoms with Gasteiger partial charge in [0.25, 0.3) is 0 Å². The van der Waals surface area contributed by atoms with E-state index in [9.17, 15) is 8.78 Å². The summed E-state index contributed by atoms with van der Waals surface area (Å²) >= 11 is 0. The van der Waals surface area contributed by atoms with Crippen LogP contribution in [0.4, 0.5) is 8.78 Å². The van der Waals surface area contributed by atoms with Crippen molar-refractivity contribution in [2.75, 3.05) is 0 Å². The van der Waals surface area contributed by atoms with E-state index in [1.54, 1.807) is 29.1 Å². The van der Waals surface area contributed by atoms with Gasteiger partial charge in [0.15, 0.2) is 0 Å². The number of aromatic nitrogens is 2. The maximum Gasteiger partial charge on any atom is 0.125 e. The van der Waals surface area contributed by atoms with E-state index in [0.717, 1.165) is 5.52 Å². The standard InChI is InChI=1S/C13H8F2N2/c14-10-2-1-3-12(7-10)17-13-5-4-11(15)6-9(13)8-16-17/h1-8H. The summed E-state index contributed by atoms with van der Waals surface area (Å²) in [5, 5.41) is 4.82. The van der Waals surface area contributed by atoms with Crippen LogP contribution in [0.3, 0.4) is 0 Å². The smallest absolute Gasteiger partial charge is 0.125 e. The maximum atomic E-state index is 13.1. The normalized spacial score (nSPS) is 10.9. The van der Waals surface area contributed by atoms with Gasteiger partial charge >= 0.3 is 0 Å². The molecule has 3 rings (SSSR count). The molecule has 0 aliphatic rings. The molecule has 0 fully saturated rings. The molecule has 0 aliphatic carbocycles. The van der Waals surface area contributed by atoms with Crippen LogP contribution in [-0.4, -0.2) is 9.78 Å².